The third kappa shape index (κ3) is 3.58. The maximum absolute atomic E-state index is 12.5. The lowest BCUT2D eigenvalue weighted by Crippen LogP contribution is -2.13. The van der Waals surface area contributed by atoms with Crippen LogP contribution in [0.25, 0.3) is 10.9 Å². The second-order valence-corrected chi connectivity index (χ2v) is 7.22. The Morgan fingerprint density at radius 2 is 1.84 bits per heavy atom. The van der Waals surface area contributed by atoms with Gasteiger partial charge in [-0.3, -0.25) is 4.98 Å². The Bertz CT molecular complexity index is 889. The molecule has 2 aromatic heterocycles. The number of carbonyl (C=O) groups excluding carboxylic acids is 1. The van der Waals surface area contributed by atoms with Gasteiger partial charge in [0.1, 0.15) is 5.69 Å². The molecule has 0 bridgehead atoms. The largest absolute Gasteiger partial charge is 0.461 e. The summed E-state index contributed by atoms with van der Waals surface area (Å²) >= 11 is 0. The van der Waals surface area contributed by atoms with Gasteiger partial charge in [-0.2, -0.15) is 0 Å². The van der Waals surface area contributed by atoms with E-state index in [0.29, 0.717) is 18.8 Å². The van der Waals surface area contributed by atoms with Gasteiger partial charge >= 0.3 is 5.97 Å². The molecule has 4 heteroatoms. The minimum atomic E-state index is -0.287. The van der Waals surface area contributed by atoms with Crippen LogP contribution in [0.15, 0.2) is 48.8 Å². The number of hydrogen-bond acceptors (Lipinski definition) is 3. The molecule has 2 heterocycles. The van der Waals surface area contributed by atoms with Crippen molar-refractivity contribution in [2.24, 2.45) is 0 Å². The van der Waals surface area contributed by atoms with Crippen molar-refractivity contribution >= 4 is 16.9 Å². The monoisotopic (exact) mass is 336 g/mol. The molecule has 0 saturated heterocycles. The lowest BCUT2D eigenvalue weighted by atomic mass is 9.86. The molecule has 3 aromatic rings. The summed E-state index contributed by atoms with van der Waals surface area (Å²) in [6.45, 7) is 9.36. The number of rotatable bonds is 4. The predicted octanol–water partition coefficient (Wildman–Crippen LogP) is 4.56. The summed E-state index contributed by atoms with van der Waals surface area (Å²) in [6, 6.07) is 12.3. The van der Waals surface area contributed by atoms with Gasteiger partial charge in [0.25, 0.3) is 0 Å². The standard InChI is InChI=1S/C21H24N2O2/c1-5-25-20(24)19-13-16-12-17(21(2,3)4)6-7-18(16)23(19)14-15-8-10-22-11-9-15/h6-13H,5,14H2,1-4H3. The zero-order chi connectivity index (χ0) is 18.0. The Labute approximate surface area is 148 Å². The maximum Gasteiger partial charge on any atom is 0.354 e. The van der Waals surface area contributed by atoms with Gasteiger partial charge in [-0.1, -0.05) is 26.8 Å². The second-order valence-electron chi connectivity index (χ2n) is 7.22. The van der Waals surface area contributed by atoms with Crippen LogP contribution in [0.2, 0.25) is 0 Å². The van der Waals surface area contributed by atoms with Crippen molar-refractivity contribution in [1.29, 1.82) is 0 Å². The summed E-state index contributed by atoms with van der Waals surface area (Å²) in [5.41, 5.74) is 4.02. The molecule has 0 amide bonds. The van der Waals surface area contributed by atoms with E-state index in [0.717, 1.165) is 16.5 Å². The Kier molecular flexibility index (Phi) is 4.62. The fraction of sp³-hybridized carbons (Fsp3) is 0.333. The number of benzene rings is 1. The van der Waals surface area contributed by atoms with Crippen LogP contribution >= 0.6 is 0 Å². The Morgan fingerprint density at radius 1 is 1.12 bits per heavy atom. The Balaban J connectivity index is 2.13. The molecule has 0 fully saturated rings. The summed E-state index contributed by atoms with van der Waals surface area (Å²) < 4.78 is 7.28. The third-order valence-electron chi connectivity index (χ3n) is 4.34. The summed E-state index contributed by atoms with van der Waals surface area (Å²) in [5, 5.41) is 1.06. The number of aromatic nitrogens is 2. The van der Waals surface area contributed by atoms with E-state index in [2.05, 4.69) is 44.0 Å². The molecule has 0 radical (unpaired) electrons. The van der Waals surface area contributed by atoms with Crippen molar-refractivity contribution in [3.8, 4) is 0 Å². The number of hydrogen-bond donors (Lipinski definition) is 0. The molecular weight excluding hydrogens is 312 g/mol. The fourth-order valence-corrected chi connectivity index (χ4v) is 2.95. The highest BCUT2D eigenvalue weighted by molar-refractivity contribution is 5.96. The zero-order valence-corrected chi connectivity index (χ0v) is 15.2. The minimum absolute atomic E-state index is 0.0610. The molecule has 130 valence electrons. The summed E-state index contributed by atoms with van der Waals surface area (Å²) in [5.74, 6) is -0.287. The van der Waals surface area contributed by atoms with Crippen LogP contribution in [0.5, 0.6) is 0 Å². The van der Waals surface area contributed by atoms with Gasteiger partial charge in [0, 0.05) is 29.8 Å². The van der Waals surface area contributed by atoms with Crippen molar-refractivity contribution in [1.82, 2.24) is 9.55 Å². The van der Waals surface area contributed by atoms with Crippen molar-refractivity contribution in [2.75, 3.05) is 6.61 Å². The predicted molar refractivity (Wildman–Crippen MR) is 99.9 cm³/mol. The second kappa shape index (κ2) is 6.71. The normalized spacial score (nSPS) is 11.7. The van der Waals surface area contributed by atoms with E-state index in [1.807, 2.05) is 29.7 Å². The van der Waals surface area contributed by atoms with Crippen LogP contribution in [0.4, 0.5) is 0 Å². The molecule has 4 nitrogen and oxygen atoms in total. The Hall–Kier alpha value is -2.62. The van der Waals surface area contributed by atoms with Crippen LogP contribution < -0.4 is 0 Å². The van der Waals surface area contributed by atoms with Crippen molar-refractivity contribution in [3.05, 3.63) is 65.6 Å². The number of ether oxygens (including phenoxy) is 1. The highest BCUT2D eigenvalue weighted by atomic mass is 16.5. The number of carbonyl (C=O) groups is 1. The Morgan fingerprint density at radius 3 is 2.48 bits per heavy atom. The van der Waals surface area contributed by atoms with Crippen LogP contribution in [-0.2, 0) is 16.7 Å². The molecule has 1 aromatic carbocycles. The molecule has 0 saturated carbocycles. The van der Waals surface area contributed by atoms with Crippen molar-refractivity contribution < 1.29 is 9.53 Å². The summed E-state index contributed by atoms with van der Waals surface area (Å²) in [7, 11) is 0. The van der Waals surface area contributed by atoms with Gasteiger partial charge in [0.2, 0.25) is 0 Å². The van der Waals surface area contributed by atoms with E-state index in [1.165, 1.54) is 5.56 Å². The average molecular weight is 336 g/mol. The first-order valence-corrected chi connectivity index (χ1v) is 8.60. The van der Waals surface area contributed by atoms with Crippen LogP contribution in [0, 0.1) is 0 Å². The van der Waals surface area contributed by atoms with E-state index in [4.69, 9.17) is 4.74 Å². The van der Waals surface area contributed by atoms with E-state index in [-0.39, 0.29) is 11.4 Å². The smallest absolute Gasteiger partial charge is 0.354 e. The molecule has 3 rings (SSSR count). The molecular formula is C21H24N2O2. The van der Waals surface area contributed by atoms with Crippen LogP contribution in [-0.4, -0.2) is 22.1 Å². The molecule has 0 atom stereocenters. The molecule has 0 aliphatic rings. The van der Waals surface area contributed by atoms with Gasteiger partial charge < -0.3 is 9.30 Å². The number of fused-ring (bicyclic) bond motifs is 1. The average Bonchev–Trinajstić information content (AvgIpc) is 2.93. The van der Waals surface area contributed by atoms with E-state index in [1.54, 1.807) is 12.4 Å². The lowest BCUT2D eigenvalue weighted by molar-refractivity contribution is 0.0515. The van der Waals surface area contributed by atoms with E-state index in [9.17, 15) is 4.79 Å². The molecule has 25 heavy (non-hydrogen) atoms. The first-order chi connectivity index (χ1) is 11.9. The SMILES string of the molecule is CCOC(=O)c1cc2cc(C(C)(C)C)ccc2n1Cc1ccncc1. The van der Waals surface area contributed by atoms with Gasteiger partial charge in [0.05, 0.1) is 6.61 Å². The van der Waals surface area contributed by atoms with Gasteiger partial charge in [0.15, 0.2) is 0 Å². The topological polar surface area (TPSA) is 44.1 Å². The highest BCUT2D eigenvalue weighted by Gasteiger charge is 2.19. The quantitative estimate of drug-likeness (QED) is 0.656. The number of pyridine rings is 1. The van der Waals surface area contributed by atoms with Gasteiger partial charge in [-0.25, -0.2) is 4.79 Å². The molecule has 0 aliphatic carbocycles. The van der Waals surface area contributed by atoms with E-state index >= 15 is 0 Å². The number of nitrogens with zero attached hydrogens (tertiary/aromatic N) is 2. The van der Waals surface area contributed by atoms with Crippen LogP contribution in [0.3, 0.4) is 0 Å². The molecule has 0 aliphatic heterocycles. The maximum atomic E-state index is 12.5. The van der Waals surface area contributed by atoms with Crippen molar-refractivity contribution in [3.63, 3.8) is 0 Å². The first kappa shape index (κ1) is 17.2. The van der Waals surface area contributed by atoms with Crippen LogP contribution in [0.1, 0.15) is 49.3 Å². The van der Waals surface area contributed by atoms with Gasteiger partial charge in [-0.05, 0) is 53.8 Å². The lowest BCUT2D eigenvalue weighted by Gasteiger charge is -2.19. The summed E-state index contributed by atoms with van der Waals surface area (Å²) in [4.78, 5) is 16.5. The van der Waals surface area contributed by atoms with Crippen molar-refractivity contribution in [2.45, 2.75) is 39.7 Å². The number of esters is 1. The molecule has 0 N–H and O–H groups in total. The first-order valence-electron chi connectivity index (χ1n) is 8.60. The van der Waals surface area contributed by atoms with Gasteiger partial charge in [-0.15, -0.1) is 0 Å². The van der Waals surface area contributed by atoms with E-state index < -0.39 is 0 Å². The molecule has 0 unspecified atom stereocenters. The fourth-order valence-electron chi connectivity index (χ4n) is 2.95. The molecule has 0 spiro atoms. The zero-order valence-electron chi connectivity index (χ0n) is 15.2. The third-order valence-corrected chi connectivity index (χ3v) is 4.34. The minimum Gasteiger partial charge on any atom is -0.461 e. The highest BCUT2D eigenvalue weighted by Crippen LogP contribution is 2.29. The summed E-state index contributed by atoms with van der Waals surface area (Å²) in [6.07, 6.45) is 3.53.